The minimum absolute atomic E-state index is 0.178. The highest BCUT2D eigenvalue weighted by atomic mass is 35.5. The summed E-state index contributed by atoms with van der Waals surface area (Å²) >= 11 is 11.9. The minimum atomic E-state index is -0.320. The number of piperidine rings is 1. The topological polar surface area (TPSA) is 40.6 Å². The normalized spacial score (nSPS) is 22.9. The molecule has 2 aliphatic heterocycles. The van der Waals surface area contributed by atoms with Crippen molar-refractivity contribution in [2.24, 2.45) is 0 Å². The van der Waals surface area contributed by atoms with Crippen molar-refractivity contribution in [1.29, 1.82) is 0 Å². The number of fused-ring (bicyclic) bond motifs is 1. The summed E-state index contributed by atoms with van der Waals surface area (Å²) in [5.74, 6) is -0.178. The lowest BCUT2D eigenvalue weighted by molar-refractivity contribution is -0.120. The van der Waals surface area contributed by atoms with Crippen LogP contribution in [0.3, 0.4) is 0 Å². The molecule has 1 atom stereocenters. The van der Waals surface area contributed by atoms with E-state index in [0.29, 0.717) is 22.3 Å². The number of nitrogens with zero attached hydrogens (tertiary/aromatic N) is 2. The van der Waals surface area contributed by atoms with E-state index >= 15 is 0 Å². The van der Waals surface area contributed by atoms with E-state index < -0.39 is 0 Å². The molecule has 0 radical (unpaired) electrons. The van der Waals surface area contributed by atoms with E-state index in [2.05, 4.69) is 0 Å². The van der Waals surface area contributed by atoms with Gasteiger partial charge in [0.25, 0.3) is 5.91 Å². The van der Waals surface area contributed by atoms with E-state index in [-0.39, 0.29) is 18.0 Å². The Labute approximate surface area is 120 Å². The standard InChI is InChI=1S/C13H12Cl2N2O2/c14-8-5-9(15)7-10(6-8)17-12(18)11-3-1-2-4-16(11)13(17)19/h5-7,11H,1-4H2. The summed E-state index contributed by atoms with van der Waals surface area (Å²) in [6, 6.07) is 4.15. The molecule has 1 aromatic carbocycles. The molecule has 2 heterocycles. The van der Waals surface area contributed by atoms with E-state index in [9.17, 15) is 9.59 Å². The number of carbonyl (C=O) groups excluding carboxylic acids is 2. The zero-order valence-corrected chi connectivity index (χ0v) is 11.6. The molecule has 4 nitrogen and oxygen atoms in total. The molecular formula is C13H12Cl2N2O2. The lowest BCUT2D eigenvalue weighted by Crippen LogP contribution is -2.39. The van der Waals surface area contributed by atoms with Gasteiger partial charge in [-0.25, -0.2) is 9.69 Å². The number of imide groups is 1. The first kappa shape index (κ1) is 12.8. The minimum Gasteiger partial charge on any atom is -0.312 e. The first-order valence-corrected chi connectivity index (χ1v) is 6.94. The van der Waals surface area contributed by atoms with Crippen molar-refractivity contribution in [3.63, 3.8) is 0 Å². The van der Waals surface area contributed by atoms with Crippen LogP contribution in [0.2, 0.25) is 10.0 Å². The highest BCUT2D eigenvalue weighted by molar-refractivity contribution is 6.35. The third-order valence-electron chi connectivity index (χ3n) is 3.55. The van der Waals surface area contributed by atoms with Crippen LogP contribution in [0.1, 0.15) is 19.3 Å². The molecule has 2 fully saturated rings. The average Bonchev–Trinajstić information content (AvgIpc) is 2.61. The molecule has 0 N–H and O–H groups in total. The third kappa shape index (κ3) is 2.09. The summed E-state index contributed by atoms with van der Waals surface area (Å²) < 4.78 is 0. The Kier molecular flexibility index (Phi) is 3.15. The number of carbonyl (C=O) groups is 2. The van der Waals surface area contributed by atoms with Crippen LogP contribution in [0.25, 0.3) is 0 Å². The fourth-order valence-corrected chi connectivity index (χ4v) is 3.21. The SMILES string of the molecule is O=C1C2CCCCN2C(=O)N1c1cc(Cl)cc(Cl)c1. The van der Waals surface area contributed by atoms with Crippen molar-refractivity contribution in [3.05, 3.63) is 28.2 Å². The molecule has 3 amide bonds. The monoisotopic (exact) mass is 298 g/mol. The van der Waals surface area contributed by atoms with Crippen LogP contribution < -0.4 is 4.90 Å². The largest absolute Gasteiger partial charge is 0.332 e. The van der Waals surface area contributed by atoms with Gasteiger partial charge in [-0.05, 0) is 37.5 Å². The van der Waals surface area contributed by atoms with Crippen molar-refractivity contribution in [3.8, 4) is 0 Å². The van der Waals surface area contributed by atoms with Crippen LogP contribution >= 0.6 is 23.2 Å². The number of benzene rings is 1. The van der Waals surface area contributed by atoms with Gasteiger partial charge in [-0.3, -0.25) is 4.79 Å². The summed E-state index contributed by atoms with van der Waals surface area (Å²) in [6.45, 7) is 0.639. The molecule has 0 saturated carbocycles. The van der Waals surface area contributed by atoms with Gasteiger partial charge in [-0.1, -0.05) is 23.2 Å². The van der Waals surface area contributed by atoms with Gasteiger partial charge in [0.05, 0.1) is 5.69 Å². The molecule has 2 aliphatic rings. The highest BCUT2D eigenvalue weighted by Gasteiger charge is 2.46. The summed E-state index contributed by atoms with van der Waals surface area (Å²) in [6.07, 6.45) is 2.65. The summed E-state index contributed by atoms with van der Waals surface area (Å²) in [4.78, 5) is 27.5. The van der Waals surface area contributed by atoms with Crippen LogP contribution in [0.5, 0.6) is 0 Å². The fraction of sp³-hybridized carbons (Fsp3) is 0.385. The number of amides is 3. The van der Waals surface area contributed by atoms with E-state index in [0.717, 1.165) is 19.3 Å². The van der Waals surface area contributed by atoms with Gasteiger partial charge < -0.3 is 4.90 Å². The quantitative estimate of drug-likeness (QED) is 0.746. The van der Waals surface area contributed by atoms with Crippen molar-refractivity contribution < 1.29 is 9.59 Å². The Hall–Kier alpha value is -1.26. The zero-order valence-electron chi connectivity index (χ0n) is 10.1. The van der Waals surface area contributed by atoms with Gasteiger partial charge in [0.2, 0.25) is 0 Å². The number of halogens is 2. The Morgan fingerprint density at radius 3 is 2.37 bits per heavy atom. The smallest absolute Gasteiger partial charge is 0.312 e. The van der Waals surface area contributed by atoms with E-state index in [4.69, 9.17) is 23.2 Å². The maximum atomic E-state index is 12.4. The van der Waals surface area contributed by atoms with Crippen LogP contribution in [0, 0.1) is 0 Å². The van der Waals surface area contributed by atoms with Gasteiger partial charge in [-0.2, -0.15) is 0 Å². The fourth-order valence-electron chi connectivity index (χ4n) is 2.70. The average molecular weight is 299 g/mol. The molecule has 2 saturated heterocycles. The molecule has 6 heteroatoms. The summed E-state index contributed by atoms with van der Waals surface area (Å²) in [5.41, 5.74) is 0.446. The number of anilines is 1. The second-order valence-electron chi connectivity index (χ2n) is 4.79. The molecule has 0 bridgehead atoms. The van der Waals surface area contributed by atoms with Crippen molar-refractivity contribution in [2.45, 2.75) is 25.3 Å². The maximum absolute atomic E-state index is 12.4. The lowest BCUT2D eigenvalue weighted by atomic mass is 10.0. The van der Waals surface area contributed by atoms with Gasteiger partial charge in [0.15, 0.2) is 0 Å². The predicted molar refractivity (Wildman–Crippen MR) is 73.7 cm³/mol. The second-order valence-corrected chi connectivity index (χ2v) is 5.66. The predicted octanol–water partition coefficient (Wildman–Crippen LogP) is 3.31. The van der Waals surface area contributed by atoms with Crippen LogP contribution in [-0.2, 0) is 4.79 Å². The van der Waals surface area contributed by atoms with E-state index in [1.54, 1.807) is 23.1 Å². The molecule has 0 spiro atoms. The molecule has 100 valence electrons. The number of hydrogen-bond acceptors (Lipinski definition) is 2. The summed E-state index contributed by atoms with van der Waals surface area (Å²) in [5, 5.41) is 0.820. The second kappa shape index (κ2) is 4.69. The zero-order chi connectivity index (χ0) is 13.6. The molecular weight excluding hydrogens is 287 g/mol. The van der Waals surface area contributed by atoms with Crippen LogP contribution in [-0.4, -0.2) is 29.4 Å². The maximum Gasteiger partial charge on any atom is 0.332 e. The summed E-state index contributed by atoms with van der Waals surface area (Å²) in [7, 11) is 0. The van der Waals surface area contributed by atoms with Crippen LogP contribution in [0.15, 0.2) is 18.2 Å². The molecule has 3 rings (SSSR count). The van der Waals surface area contributed by atoms with Gasteiger partial charge in [-0.15, -0.1) is 0 Å². The molecule has 0 aliphatic carbocycles. The lowest BCUT2D eigenvalue weighted by Gasteiger charge is -2.25. The Bertz CT molecular complexity index is 517. The number of rotatable bonds is 1. The number of hydrogen-bond donors (Lipinski definition) is 0. The first-order valence-electron chi connectivity index (χ1n) is 6.18. The van der Waals surface area contributed by atoms with Gasteiger partial charge in [0, 0.05) is 16.6 Å². The Morgan fingerprint density at radius 2 is 1.74 bits per heavy atom. The van der Waals surface area contributed by atoms with E-state index in [1.165, 1.54) is 4.90 Å². The Morgan fingerprint density at radius 1 is 1.05 bits per heavy atom. The van der Waals surface area contributed by atoms with Crippen molar-refractivity contribution >= 4 is 40.8 Å². The van der Waals surface area contributed by atoms with Gasteiger partial charge >= 0.3 is 6.03 Å². The van der Waals surface area contributed by atoms with E-state index in [1.807, 2.05) is 0 Å². The van der Waals surface area contributed by atoms with Gasteiger partial charge in [0.1, 0.15) is 6.04 Å². The first-order chi connectivity index (χ1) is 9.08. The third-order valence-corrected chi connectivity index (χ3v) is 3.99. The molecule has 19 heavy (non-hydrogen) atoms. The van der Waals surface area contributed by atoms with Crippen molar-refractivity contribution in [1.82, 2.24) is 4.90 Å². The number of urea groups is 1. The highest BCUT2D eigenvalue weighted by Crippen LogP contribution is 2.33. The molecule has 0 aromatic heterocycles. The Balaban J connectivity index is 2.00. The molecule has 1 aromatic rings. The van der Waals surface area contributed by atoms with Crippen LogP contribution in [0.4, 0.5) is 10.5 Å². The molecule has 1 unspecified atom stereocenters. The van der Waals surface area contributed by atoms with Crippen molar-refractivity contribution in [2.75, 3.05) is 11.4 Å².